The van der Waals surface area contributed by atoms with Crippen molar-refractivity contribution in [2.75, 3.05) is 17.7 Å². The van der Waals surface area contributed by atoms with Crippen molar-refractivity contribution in [2.45, 2.75) is 37.1 Å². The Morgan fingerprint density at radius 2 is 2.06 bits per heavy atom. The van der Waals surface area contributed by atoms with Crippen LogP contribution in [0.2, 0.25) is 0 Å². The van der Waals surface area contributed by atoms with E-state index in [2.05, 4.69) is 52.1 Å². The Balaban J connectivity index is 1.49. The molecule has 1 unspecified atom stereocenters. The molecule has 0 bridgehead atoms. The maximum atomic E-state index is 12.7. The van der Waals surface area contributed by atoms with Gasteiger partial charge in [0.05, 0.1) is 18.4 Å². The number of nitrogens with one attached hydrogen (secondary N) is 3. The number of carbonyl (C=O) groups is 2. The Hall–Kier alpha value is -3.31. The molecule has 0 saturated carbocycles. The highest BCUT2D eigenvalue weighted by Crippen LogP contribution is 2.33. The fourth-order valence-corrected chi connectivity index (χ4v) is 5.12. The lowest BCUT2D eigenvalue weighted by Crippen LogP contribution is -2.46. The normalized spacial score (nSPS) is 15.8. The van der Waals surface area contributed by atoms with Crippen molar-refractivity contribution in [1.29, 1.82) is 0 Å². The molecule has 0 radical (unpaired) electrons. The van der Waals surface area contributed by atoms with E-state index in [0.29, 0.717) is 38.2 Å². The number of ether oxygens (including phenoxy) is 1. The van der Waals surface area contributed by atoms with Crippen molar-refractivity contribution in [2.24, 2.45) is 0 Å². The molecule has 0 aliphatic carbocycles. The second-order valence-corrected chi connectivity index (χ2v) is 9.92. The first-order valence-electron chi connectivity index (χ1n) is 10.8. The number of thioether (sulfide) groups is 1. The summed E-state index contributed by atoms with van der Waals surface area (Å²) in [4.78, 5) is 25.0. The summed E-state index contributed by atoms with van der Waals surface area (Å²) in [5, 5.41) is 17.8. The number of furan rings is 1. The number of esters is 1. The van der Waals surface area contributed by atoms with Gasteiger partial charge < -0.3 is 25.1 Å². The molecule has 34 heavy (non-hydrogen) atoms. The quantitative estimate of drug-likeness (QED) is 0.279. The van der Waals surface area contributed by atoms with E-state index in [0.717, 1.165) is 5.69 Å². The topological polar surface area (TPSA) is 118 Å². The fraction of sp³-hybridized carbons (Fsp3) is 0.304. The zero-order valence-corrected chi connectivity index (χ0v) is 20.6. The molecule has 3 aromatic rings. The van der Waals surface area contributed by atoms with Crippen molar-refractivity contribution in [1.82, 2.24) is 20.8 Å². The molecular weight excluding hydrogens is 474 g/mol. The Kier molecular flexibility index (Phi) is 7.53. The molecule has 9 nitrogen and oxygen atoms in total. The highest BCUT2D eigenvalue weighted by atomic mass is 32.2. The lowest BCUT2D eigenvalue weighted by atomic mass is 10.0. The number of hydrogen-bond acceptors (Lipinski definition) is 9. The van der Waals surface area contributed by atoms with E-state index in [-0.39, 0.29) is 6.61 Å². The van der Waals surface area contributed by atoms with Gasteiger partial charge in [0.1, 0.15) is 11.8 Å². The maximum absolute atomic E-state index is 12.7. The van der Waals surface area contributed by atoms with Crippen LogP contribution in [0.25, 0.3) is 0 Å². The summed E-state index contributed by atoms with van der Waals surface area (Å²) in [6.45, 7) is 6.25. The summed E-state index contributed by atoms with van der Waals surface area (Å²) in [5.74, 6) is 0.703. The van der Waals surface area contributed by atoms with Crippen LogP contribution in [-0.4, -0.2) is 34.6 Å². The highest BCUT2D eigenvalue weighted by molar-refractivity contribution is 8.01. The van der Waals surface area contributed by atoms with Gasteiger partial charge in [-0.1, -0.05) is 49.1 Å². The lowest BCUT2D eigenvalue weighted by molar-refractivity contribution is -0.139. The van der Waals surface area contributed by atoms with Crippen molar-refractivity contribution in [3.05, 3.63) is 65.3 Å². The van der Waals surface area contributed by atoms with Crippen LogP contribution in [0.3, 0.4) is 0 Å². The average Bonchev–Trinajstić information content (AvgIpc) is 3.50. The van der Waals surface area contributed by atoms with E-state index in [1.54, 1.807) is 19.1 Å². The standard InChI is InChI=1S/C23H25N5O4S2/c1-4-31-20(29)18-16(25-21(30)26-19(18)17-6-5-11-32-17)12-33-23-28-27-22(34-23)24-15-9-7-14(8-10-15)13(2)3/h5-11,13,19H,4,12H2,1-3H3,(H,24,27)(H2,25,26,30). The zero-order chi connectivity index (χ0) is 24.1. The van der Waals surface area contributed by atoms with Gasteiger partial charge in [-0.15, -0.1) is 10.2 Å². The first kappa shape index (κ1) is 23.8. The van der Waals surface area contributed by atoms with E-state index in [4.69, 9.17) is 9.15 Å². The second kappa shape index (κ2) is 10.7. The van der Waals surface area contributed by atoms with Gasteiger partial charge in [-0.2, -0.15) is 0 Å². The number of amides is 2. The molecule has 1 aromatic carbocycles. The van der Waals surface area contributed by atoms with Crippen molar-refractivity contribution >= 4 is 45.9 Å². The molecule has 1 aliphatic rings. The molecule has 4 rings (SSSR count). The number of benzene rings is 1. The lowest BCUT2D eigenvalue weighted by Gasteiger charge is -2.27. The Labute approximate surface area is 205 Å². The molecule has 3 N–H and O–H groups in total. The predicted molar refractivity (Wildman–Crippen MR) is 131 cm³/mol. The Bertz CT molecular complexity index is 1170. The minimum absolute atomic E-state index is 0.213. The summed E-state index contributed by atoms with van der Waals surface area (Å²) in [6.07, 6.45) is 1.49. The van der Waals surface area contributed by atoms with Crippen molar-refractivity contribution < 1.29 is 18.7 Å². The fourth-order valence-electron chi connectivity index (χ4n) is 3.38. The summed E-state index contributed by atoms with van der Waals surface area (Å²) in [6, 6.07) is 10.4. The van der Waals surface area contributed by atoms with Gasteiger partial charge >= 0.3 is 12.0 Å². The van der Waals surface area contributed by atoms with Crippen LogP contribution in [0.1, 0.15) is 44.1 Å². The number of nitrogens with zero attached hydrogens (tertiary/aromatic N) is 2. The summed E-state index contributed by atoms with van der Waals surface area (Å²) in [5.41, 5.74) is 2.94. The van der Waals surface area contributed by atoms with Gasteiger partial charge in [-0.3, -0.25) is 0 Å². The van der Waals surface area contributed by atoms with Crippen molar-refractivity contribution in [3.63, 3.8) is 0 Å². The summed E-state index contributed by atoms with van der Waals surface area (Å²) < 4.78 is 11.4. The highest BCUT2D eigenvalue weighted by Gasteiger charge is 2.35. The molecule has 0 saturated heterocycles. The van der Waals surface area contributed by atoms with E-state index in [1.807, 2.05) is 12.1 Å². The third-order valence-electron chi connectivity index (χ3n) is 5.05. The molecule has 0 spiro atoms. The molecule has 3 heterocycles. The van der Waals surface area contributed by atoms with Gasteiger partial charge in [-0.25, -0.2) is 9.59 Å². The first-order valence-corrected chi connectivity index (χ1v) is 12.6. The minimum Gasteiger partial charge on any atom is -0.467 e. The number of carbonyl (C=O) groups excluding carboxylic acids is 2. The zero-order valence-electron chi connectivity index (χ0n) is 19.0. The van der Waals surface area contributed by atoms with Gasteiger partial charge in [0.15, 0.2) is 4.34 Å². The molecule has 1 atom stereocenters. The molecule has 178 valence electrons. The summed E-state index contributed by atoms with van der Waals surface area (Å²) in [7, 11) is 0. The largest absolute Gasteiger partial charge is 0.467 e. The molecule has 11 heteroatoms. The molecule has 2 amide bonds. The van der Waals surface area contributed by atoms with E-state index >= 15 is 0 Å². The van der Waals surface area contributed by atoms with Crippen LogP contribution >= 0.6 is 23.1 Å². The SMILES string of the molecule is CCOC(=O)C1=C(CSc2nnc(Nc3ccc(C(C)C)cc3)s2)NC(=O)NC1c1ccco1. The number of aromatic nitrogens is 2. The maximum Gasteiger partial charge on any atom is 0.338 e. The van der Waals surface area contributed by atoms with Gasteiger partial charge in [-0.05, 0) is 42.7 Å². The first-order chi connectivity index (χ1) is 16.4. The van der Waals surface area contributed by atoms with Gasteiger partial charge in [0.25, 0.3) is 0 Å². The minimum atomic E-state index is -0.737. The van der Waals surface area contributed by atoms with E-state index in [1.165, 1.54) is 34.9 Å². The van der Waals surface area contributed by atoms with Gasteiger partial charge in [0, 0.05) is 17.1 Å². The average molecular weight is 500 g/mol. The third kappa shape index (κ3) is 5.60. The number of hydrogen-bond donors (Lipinski definition) is 3. The molecule has 1 aliphatic heterocycles. The second-order valence-electron chi connectivity index (χ2n) is 7.72. The molecule has 2 aromatic heterocycles. The van der Waals surface area contributed by atoms with Crippen LogP contribution in [0.4, 0.5) is 15.6 Å². The number of urea groups is 1. The third-order valence-corrected chi connectivity index (χ3v) is 7.05. The van der Waals surface area contributed by atoms with E-state index in [9.17, 15) is 9.59 Å². The van der Waals surface area contributed by atoms with E-state index < -0.39 is 18.0 Å². The van der Waals surface area contributed by atoms with Crippen LogP contribution in [-0.2, 0) is 9.53 Å². The molecule has 0 fully saturated rings. The van der Waals surface area contributed by atoms with Gasteiger partial charge in [0.2, 0.25) is 5.13 Å². The number of rotatable bonds is 9. The van der Waals surface area contributed by atoms with Crippen LogP contribution in [0, 0.1) is 0 Å². The predicted octanol–water partition coefficient (Wildman–Crippen LogP) is 4.96. The summed E-state index contributed by atoms with van der Waals surface area (Å²) >= 11 is 2.76. The van der Waals surface area contributed by atoms with Crippen LogP contribution in [0.5, 0.6) is 0 Å². The monoisotopic (exact) mass is 499 g/mol. The van der Waals surface area contributed by atoms with Crippen molar-refractivity contribution in [3.8, 4) is 0 Å². The van der Waals surface area contributed by atoms with Crippen LogP contribution in [0.15, 0.2) is 62.7 Å². The van der Waals surface area contributed by atoms with Crippen LogP contribution < -0.4 is 16.0 Å². The molecular formula is C23H25N5O4S2. The number of anilines is 2. The Morgan fingerprint density at radius 1 is 1.26 bits per heavy atom. The Morgan fingerprint density at radius 3 is 2.74 bits per heavy atom. The smallest absolute Gasteiger partial charge is 0.338 e.